The Bertz CT molecular complexity index is 1000. The number of fused-ring (bicyclic) bond motifs is 2. The Morgan fingerprint density at radius 1 is 0.778 bits per heavy atom. The molecule has 0 aromatic heterocycles. The Hall–Kier alpha value is -2.87. The summed E-state index contributed by atoms with van der Waals surface area (Å²) in [4.78, 5) is 4.80. The van der Waals surface area contributed by atoms with Gasteiger partial charge < -0.3 is 5.32 Å². The molecule has 1 N–H and O–H groups in total. The maximum Gasteiger partial charge on any atom is 0.0674 e. The summed E-state index contributed by atoms with van der Waals surface area (Å²) in [6.07, 6.45) is 10.5. The van der Waals surface area contributed by atoms with Crippen molar-refractivity contribution >= 4 is 17.1 Å². The van der Waals surface area contributed by atoms with Crippen LogP contribution in [0.2, 0.25) is 0 Å². The predicted octanol–water partition coefficient (Wildman–Crippen LogP) is 6.45. The Kier molecular flexibility index (Phi) is 4.15. The van der Waals surface area contributed by atoms with Crippen LogP contribution in [-0.4, -0.2) is 5.71 Å². The molecule has 4 rings (SSSR count). The van der Waals surface area contributed by atoms with Crippen LogP contribution in [0, 0.1) is 0 Å². The first-order valence-corrected chi connectivity index (χ1v) is 9.51. The average molecular weight is 354 g/mol. The van der Waals surface area contributed by atoms with E-state index in [-0.39, 0.29) is 10.8 Å². The standard InChI is InChI=1S/C25H26N2/c1-24(2)18-12-8-10-14-20(18)26-22(24)16-6-5-7-17-23-25(3,4)19-13-9-11-15-21(19)27-23/h5-17,26H,1-4H3. The van der Waals surface area contributed by atoms with E-state index in [0.29, 0.717) is 0 Å². The highest BCUT2D eigenvalue weighted by molar-refractivity contribution is 6.08. The second kappa shape index (κ2) is 6.38. The molecule has 0 saturated heterocycles. The minimum Gasteiger partial charge on any atom is -0.358 e. The van der Waals surface area contributed by atoms with Crippen LogP contribution in [-0.2, 0) is 10.8 Å². The zero-order valence-corrected chi connectivity index (χ0v) is 16.5. The van der Waals surface area contributed by atoms with Gasteiger partial charge in [-0.15, -0.1) is 0 Å². The highest BCUT2D eigenvalue weighted by atomic mass is 14.9. The van der Waals surface area contributed by atoms with Crippen LogP contribution in [0.3, 0.4) is 0 Å². The van der Waals surface area contributed by atoms with Crippen molar-refractivity contribution in [3.8, 4) is 0 Å². The predicted molar refractivity (Wildman–Crippen MR) is 116 cm³/mol. The Morgan fingerprint density at radius 3 is 2.22 bits per heavy atom. The monoisotopic (exact) mass is 354 g/mol. The SMILES string of the molecule is CC1(C)C(C=CC=CC=C2Nc3ccccc3C2(C)C)=Nc2ccccc21. The molecule has 0 fully saturated rings. The molecule has 2 heteroatoms. The molecule has 2 aliphatic heterocycles. The summed E-state index contributed by atoms with van der Waals surface area (Å²) >= 11 is 0. The molecule has 0 bridgehead atoms. The van der Waals surface area contributed by atoms with Crippen LogP contribution in [0.4, 0.5) is 11.4 Å². The van der Waals surface area contributed by atoms with Gasteiger partial charge in [0.25, 0.3) is 0 Å². The van der Waals surface area contributed by atoms with E-state index in [4.69, 9.17) is 4.99 Å². The number of para-hydroxylation sites is 2. The lowest BCUT2D eigenvalue weighted by atomic mass is 9.81. The fraction of sp³-hybridized carbons (Fsp3) is 0.240. The molecular weight excluding hydrogens is 328 g/mol. The van der Waals surface area contributed by atoms with E-state index in [1.165, 1.54) is 22.5 Å². The molecule has 0 aliphatic carbocycles. The number of nitrogens with zero attached hydrogens (tertiary/aromatic N) is 1. The number of hydrogen-bond donors (Lipinski definition) is 1. The number of hydrogen-bond acceptors (Lipinski definition) is 2. The Morgan fingerprint density at radius 2 is 1.48 bits per heavy atom. The third-order valence-electron chi connectivity index (χ3n) is 5.74. The molecule has 0 spiro atoms. The summed E-state index contributed by atoms with van der Waals surface area (Å²) in [5, 5.41) is 3.54. The average Bonchev–Trinajstić information content (AvgIpc) is 3.06. The number of nitrogens with one attached hydrogen (secondary N) is 1. The third kappa shape index (κ3) is 2.95. The topological polar surface area (TPSA) is 24.4 Å². The fourth-order valence-corrected chi connectivity index (χ4v) is 3.95. The van der Waals surface area contributed by atoms with Crippen LogP contribution >= 0.6 is 0 Å². The first-order valence-electron chi connectivity index (χ1n) is 9.51. The molecule has 0 radical (unpaired) electrons. The molecule has 2 nitrogen and oxygen atoms in total. The van der Waals surface area contributed by atoms with Crippen molar-refractivity contribution in [1.82, 2.24) is 0 Å². The Balaban J connectivity index is 1.49. The lowest BCUT2D eigenvalue weighted by molar-refractivity contribution is 0.654. The van der Waals surface area contributed by atoms with Crippen LogP contribution in [0.25, 0.3) is 0 Å². The van der Waals surface area contributed by atoms with Crippen molar-refractivity contribution in [1.29, 1.82) is 0 Å². The van der Waals surface area contributed by atoms with Crippen molar-refractivity contribution in [2.45, 2.75) is 38.5 Å². The molecule has 0 saturated carbocycles. The van der Waals surface area contributed by atoms with Gasteiger partial charge in [0.2, 0.25) is 0 Å². The lowest BCUT2D eigenvalue weighted by Gasteiger charge is -2.20. The highest BCUT2D eigenvalue weighted by Gasteiger charge is 2.34. The van der Waals surface area contributed by atoms with Crippen LogP contribution in [0.1, 0.15) is 38.8 Å². The molecule has 136 valence electrons. The van der Waals surface area contributed by atoms with Gasteiger partial charge in [0.1, 0.15) is 0 Å². The second-order valence-electron chi connectivity index (χ2n) is 8.26. The van der Waals surface area contributed by atoms with E-state index in [2.05, 4.69) is 106 Å². The van der Waals surface area contributed by atoms with E-state index in [9.17, 15) is 0 Å². The van der Waals surface area contributed by atoms with Gasteiger partial charge in [0.15, 0.2) is 0 Å². The van der Waals surface area contributed by atoms with Crippen LogP contribution < -0.4 is 5.32 Å². The molecule has 2 aromatic carbocycles. The molecule has 2 aromatic rings. The van der Waals surface area contributed by atoms with E-state index >= 15 is 0 Å². The van der Waals surface area contributed by atoms with Gasteiger partial charge in [-0.25, -0.2) is 0 Å². The summed E-state index contributed by atoms with van der Waals surface area (Å²) in [6.45, 7) is 8.98. The second-order valence-corrected chi connectivity index (χ2v) is 8.26. The lowest BCUT2D eigenvalue weighted by Crippen LogP contribution is -2.23. The molecule has 2 heterocycles. The summed E-state index contributed by atoms with van der Waals surface area (Å²) in [5.74, 6) is 0. The summed E-state index contributed by atoms with van der Waals surface area (Å²) < 4.78 is 0. The normalized spacial score (nSPS) is 20.7. The number of benzene rings is 2. The van der Waals surface area contributed by atoms with E-state index in [0.717, 1.165) is 11.4 Å². The van der Waals surface area contributed by atoms with Gasteiger partial charge in [-0.05, 0) is 35.4 Å². The van der Waals surface area contributed by atoms with Gasteiger partial charge in [-0.2, -0.15) is 0 Å². The largest absolute Gasteiger partial charge is 0.358 e. The summed E-state index contributed by atoms with van der Waals surface area (Å²) in [6, 6.07) is 16.9. The summed E-state index contributed by atoms with van der Waals surface area (Å²) in [7, 11) is 0. The van der Waals surface area contributed by atoms with Crippen LogP contribution in [0.5, 0.6) is 0 Å². The van der Waals surface area contributed by atoms with Gasteiger partial charge in [-0.3, -0.25) is 4.99 Å². The van der Waals surface area contributed by atoms with Crippen molar-refractivity contribution in [3.05, 3.63) is 95.7 Å². The van der Waals surface area contributed by atoms with Crippen molar-refractivity contribution in [3.63, 3.8) is 0 Å². The fourth-order valence-electron chi connectivity index (χ4n) is 3.95. The Labute approximate surface area is 162 Å². The van der Waals surface area contributed by atoms with Gasteiger partial charge >= 0.3 is 0 Å². The quantitative estimate of drug-likeness (QED) is 0.629. The molecular formula is C25H26N2. The van der Waals surface area contributed by atoms with Crippen molar-refractivity contribution < 1.29 is 0 Å². The minimum absolute atomic E-state index is 0.00379. The van der Waals surface area contributed by atoms with E-state index in [1.54, 1.807) is 0 Å². The first kappa shape index (κ1) is 17.5. The highest BCUT2D eigenvalue weighted by Crippen LogP contribution is 2.43. The first-order chi connectivity index (χ1) is 12.9. The van der Waals surface area contributed by atoms with Crippen molar-refractivity contribution in [2.75, 3.05) is 5.32 Å². The van der Waals surface area contributed by atoms with Crippen LogP contribution in [0.15, 0.2) is 89.6 Å². The third-order valence-corrected chi connectivity index (χ3v) is 5.74. The zero-order valence-electron chi connectivity index (χ0n) is 16.5. The maximum absolute atomic E-state index is 4.80. The molecule has 0 amide bonds. The number of allylic oxidation sites excluding steroid dienone is 6. The maximum atomic E-state index is 4.80. The van der Waals surface area contributed by atoms with E-state index < -0.39 is 0 Å². The molecule has 0 unspecified atom stereocenters. The molecule has 0 atom stereocenters. The zero-order chi connectivity index (χ0) is 19.1. The van der Waals surface area contributed by atoms with Gasteiger partial charge in [0, 0.05) is 22.2 Å². The number of anilines is 1. The molecule has 2 aliphatic rings. The number of rotatable bonds is 3. The molecule has 27 heavy (non-hydrogen) atoms. The summed E-state index contributed by atoms with van der Waals surface area (Å²) in [5.41, 5.74) is 7.22. The minimum atomic E-state index is -0.0456. The van der Waals surface area contributed by atoms with Crippen molar-refractivity contribution in [2.24, 2.45) is 4.99 Å². The van der Waals surface area contributed by atoms with E-state index in [1.807, 2.05) is 6.07 Å². The van der Waals surface area contributed by atoms with Gasteiger partial charge in [-0.1, -0.05) is 82.3 Å². The smallest absolute Gasteiger partial charge is 0.0674 e. The number of aliphatic imine (C=N–C) groups is 1. The van der Waals surface area contributed by atoms with Gasteiger partial charge in [0.05, 0.1) is 11.4 Å².